The van der Waals surface area contributed by atoms with Crippen LogP contribution in [0.1, 0.15) is 37.4 Å². The van der Waals surface area contributed by atoms with Crippen LogP contribution in [0.2, 0.25) is 0 Å². The monoisotopic (exact) mass is 323 g/mol. The Balaban J connectivity index is 1.85. The van der Waals surface area contributed by atoms with Gasteiger partial charge in [0.05, 0.1) is 23.8 Å². The summed E-state index contributed by atoms with van der Waals surface area (Å²) in [5, 5.41) is 9.45. The Hall–Kier alpha value is -1.63. The van der Waals surface area contributed by atoms with E-state index in [1.807, 2.05) is 17.2 Å². The van der Waals surface area contributed by atoms with Gasteiger partial charge in [-0.05, 0) is 26.2 Å². The fourth-order valence-corrected chi connectivity index (χ4v) is 3.06. The number of aryl methyl sites for hydroxylation is 1. The number of likely N-dealkylation sites (tertiary alicyclic amines) is 1. The molecule has 1 aliphatic heterocycles. The number of thiazole rings is 1. The maximum absolute atomic E-state index is 12.0. The summed E-state index contributed by atoms with van der Waals surface area (Å²) in [4.78, 5) is 22.9. The van der Waals surface area contributed by atoms with Crippen molar-refractivity contribution < 1.29 is 4.79 Å². The standard InChI is InChI=1S/C15H25N5OS/c1-3-13-19-12(11-22-13)9-17-15(16-4-2)18-10-14(21)20-7-5-6-8-20/h11H,3-10H2,1-2H3,(H2,16,17,18). The molecule has 0 aromatic carbocycles. The Morgan fingerprint density at radius 1 is 1.36 bits per heavy atom. The fraction of sp³-hybridized carbons (Fsp3) is 0.667. The second kappa shape index (κ2) is 8.73. The highest BCUT2D eigenvalue weighted by Crippen LogP contribution is 2.10. The average Bonchev–Trinajstić information content (AvgIpc) is 3.20. The minimum Gasteiger partial charge on any atom is -0.357 e. The molecular formula is C15H25N5OS. The molecule has 1 aromatic heterocycles. The summed E-state index contributed by atoms with van der Waals surface area (Å²) in [6.45, 7) is 7.46. The van der Waals surface area contributed by atoms with Crippen molar-refractivity contribution in [3.63, 3.8) is 0 Å². The Kier molecular flexibility index (Phi) is 6.64. The van der Waals surface area contributed by atoms with Crippen molar-refractivity contribution in [2.45, 2.75) is 39.7 Å². The SMILES string of the molecule is CCNC(=NCc1csc(CC)n1)NCC(=O)N1CCCC1. The van der Waals surface area contributed by atoms with Crippen LogP contribution < -0.4 is 10.6 Å². The highest BCUT2D eigenvalue weighted by molar-refractivity contribution is 7.09. The van der Waals surface area contributed by atoms with Crippen LogP contribution in [-0.4, -0.2) is 47.9 Å². The molecule has 0 spiro atoms. The van der Waals surface area contributed by atoms with Gasteiger partial charge in [-0.2, -0.15) is 0 Å². The topological polar surface area (TPSA) is 69.6 Å². The molecular weight excluding hydrogens is 298 g/mol. The van der Waals surface area contributed by atoms with Gasteiger partial charge in [0.1, 0.15) is 0 Å². The third-order valence-electron chi connectivity index (χ3n) is 3.51. The maximum atomic E-state index is 12.0. The summed E-state index contributed by atoms with van der Waals surface area (Å²) in [7, 11) is 0. The van der Waals surface area contributed by atoms with Gasteiger partial charge in [-0.15, -0.1) is 11.3 Å². The molecule has 0 saturated carbocycles. The van der Waals surface area contributed by atoms with Crippen LogP contribution in [0.4, 0.5) is 0 Å². The molecule has 1 aliphatic rings. The summed E-state index contributed by atoms with van der Waals surface area (Å²) in [5.74, 6) is 0.811. The molecule has 1 fully saturated rings. The zero-order valence-corrected chi connectivity index (χ0v) is 14.2. The second-order valence-electron chi connectivity index (χ2n) is 5.22. The average molecular weight is 323 g/mol. The molecule has 7 heteroatoms. The molecule has 0 radical (unpaired) electrons. The molecule has 2 N–H and O–H groups in total. The van der Waals surface area contributed by atoms with E-state index in [-0.39, 0.29) is 5.91 Å². The number of hydrogen-bond donors (Lipinski definition) is 2. The Morgan fingerprint density at radius 3 is 2.77 bits per heavy atom. The number of nitrogens with zero attached hydrogens (tertiary/aromatic N) is 3. The lowest BCUT2D eigenvalue weighted by molar-refractivity contribution is -0.128. The Bertz CT molecular complexity index is 508. The van der Waals surface area contributed by atoms with Crippen molar-refractivity contribution in [2.75, 3.05) is 26.2 Å². The lowest BCUT2D eigenvalue weighted by atomic mass is 10.4. The maximum Gasteiger partial charge on any atom is 0.241 e. The number of carbonyl (C=O) groups excluding carboxylic acids is 1. The summed E-state index contributed by atoms with van der Waals surface area (Å²) < 4.78 is 0. The van der Waals surface area contributed by atoms with E-state index in [4.69, 9.17) is 0 Å². The highest BCUT2D eigenvalue weighted by atomic mass is 32.1. The van der Waals surface area contributed by atoms with Gasteiger partial charge in [-0.1, -0.05) is 6.92 Å². The van der Waals surface area contributed by atoms with E-state index in [0.717, 1.165) is 49.6 Å². The van der Waals surface area contributed by atoms with Crippen molar-refractivity contribution >= 4 is 23.2 Å². The van der Waals surface area contributed by atoms with Gasteiger partial charge in [0.2, 0.25) is 5.91 Å². The first kappa shape index (κ1) is 16.7. The van der Waals surface area contributed by atoms with Crippen molar-refractivity contribution in [3.05, 3.63) is 16.1 Å². The molecule has 1 aromatic rings. The molecule has 1 amide bonds. The summed E-state index contributed by atoms with van der Waals surface area (Å²) >= 11 is 1.67. The van der Waals surface area contributed by atoms with Crippen molar-refractivity contribution in [1.82, 2.24) is 20.5 Å². The van der Waals surface area contributed by atoms with Crippen LogP contribution in [0.15, 0.2) is 10.4 Å². The van der Waals surface area contributed by atoms with Crippen LogP contribution in [0, 0.1) is 0 Å². The van der Waals surface area contributed by atoms with E-state index < -0.39 is 0 Å². The zero-order valence-electron chi connectivity index (χ0n) is 13.4. The minimum atomic E-state index is 0.144. The van der Waals surface area contributed by atoms with E-state index in [0.29, 0.717) is 19.0 Å². The minimum absolute atomic E-state index is 0.144. The molecule has 2 heterocycles. The van der Waals surface area contributed by atoms with Gasteiger partial charge in [0.25, 0.3) is 0 Å². The number of rotatable bonds is 6. The van der Waals surface area contributed by atoms with Gasteiger partial charge >= 0.3 is 0 Å². The van der Waals surface area contributed by atoms with Crippen LogP contribution in [0.25, 0.3) is 0 Å². The summed E-state index contributed by atoms with van der Waals surface area (Å²) in [5.41, 5.74) is 0.977. The first-order chi connectivity index (χ1) is 10.7. The predicted octanol–water partition coefficient (Wildman–Crippen LogP) is 1.38. The molecule has 0 atom stereocenters. The van der Waals surface area contributed by atoms with E-state index in [1.165, 1.54) is 0 Å². The second-order valence-corrected chi connectivity index (χ2v) is 6.17. The fourth-order valence-electron chi connectivity index (χ4n) is 2.32. The van der Waals surface area contributed by atoms with E-state index >= 15 is 0 Å². The van der Waals surface area contributed by atoms with E-state index in [1.54, 1.807) is 11.3 Å². The molecule has 22 heavy (non-hydrogen) atoms. The number of nitrogens with one attached hydrogen (secondary N) is 2. The van der Waals surface area contributed by atoms with Gasteiger partial charge in [0.15, 0.2) is 5.96 Å². The number of aliphatic imine (C=N–C) groups is 1. The van der Waals surface area contributed by atoms with Crippen LogP contribution >= 0.6 is 11.3 Å². The highest BCUT2D eigenvalue weighted by Gasteiger charge is 2.17. The Labute approximate surface area is 136 Å². The molecule has 6 nitrogen and oxygen atoms in total. The van der Waals surface area contributed by atoms with Gasteiger partial charge < -0.3 is 15.5 Å². The number of hydrogen-bond acceptors (Lipinski definition) is 4. The van der Waals surface area contributed by atoms with E-state index in [2.05, 4.69) is 27.5 Å². The third-order valence-corrected chi connectivity index (χ3v) is 4.55. The smallest absolute Gasteiger partial charge is 0.241 e. The van der Waals surface area contributed by atoms with Gasteiger partial charge in [0, 0.05) is 25.0 Å². The van der Waals surface area contributed by atoms with Crippen LogP contribution in [-0.2, 0) is 17.8 Å². The summed E-state index contributed by atoms with van der Waals surface area (Å²) in [6, 6.07) is 0. The molecule has 0 unspecified atom stereocenters. The predicted molar refractivity (Wildman–Crippen MR) is 90.1 cm³/mol. The summed E-state index contributed by atoms with van der Waals surface area (Å²) in [6.07, 6.45) is 3.18. The first-order valence-electron chi connectivity index (χ1n) is 7.96. The largest absolute Gasteiger partial charge is 0.357 e. The lowest BCUT2D eigenvalue weighted by Crippen LogP contribution is -2.44. The van der Waals surface area contributed by atoms with E-state index in [9.17, 15) is 4.79 Å². The lowest BCUT2D eigenvalue weighted by Gasteiger charge is -2.17. The first-order valence-corrected chi connectivity index (χ1v) is 8.84. The molecule has 0 aliphatic carbocycles. The molecule has 0 bridgehead atoms. The normalized spacial score (nSPS) is 15.2. The van der Waals surface area contributed by atoms with Crippen molar-refractivity contribution in [3.8, 4) is 0 Å². The third kappa shape index (κ3) is 4.98. The quantitative estimate of drug-likeness (QED) is 0.613. The van der Waals surface area contributed by atoms with Crippen LogP contribution in [0.5, 0.6) is 0 Å². The van der Waals surface area contributed by atoms with Crippen molar-refractivity contribution in [2.24, 2.45) is 4.99 Å². The zero-order chi connectivity index (χ0) is 15.8. The van der Waals surface area contributed by atoms with Crippen molar-refractivity contribution in [1.29, 1.82) is 0 Å². The molecule has 2 rings (SSSR count). The van der Waals surface area contributed by atoms with Gasteiger partial charge in [-0.25, -0.2) is 9.98 Å². The van der Waals surface area contributed by atoms with Crippen LogP contribution in [0.3, 0.4) is 0 Å². The van der Waals surface area contributed by atoms with Gasteiger partial charge in [-0.3, -0.25) is 4.79 Å². The Morgan fingerprint density at radius 2 is 2.14 bits per heavy atom. The number of carbonyl (C=O) groups is 1. The number of guanidine groups is 1. The number of aromatic nitrogens is 1. The number of amides is 1. The molecule has 122 valence electrons. The molecule has 1 saturated heterocycles.